The first-order valence-corrected chi connectivity index (χ1v) is 16.7. The van der Waals surface area contributed by atoms with Gasteiger partial charge in [-0.1, -0.05) is 43.3 Å². The minimum absolute atomic E-state index is 0.0632. The fraction of sp³-hybridized carbons (Fsp3) is 0.368. The van der Waals surface area contributed by atoms with Crippen LogP contribution in [0.3, 0.4) is 0 Å². The van der Waals surface area contributed by atoms with Gasteiger partial charge in [-0.3, -0.25) is 24.1 Å². The smallest absolute Gasteiger partial charge is 0.305 e. The third-order valence-electron chi connectivity index (χ3n) is 9.68. The second-order valence-corrected chi connectivity index (χ2v) is 12.7. The van der Waals surface area contributed by atoms with E-state index in [1.807, 2.05) is 6.07 Å². The Hall–Kier alpha value is -5.00. The quantitative estimate of drug-likeness (QED) is 0.162. The Morgan fingerprint density at radius 2 is 1.80 bits per heavy atom. The third kappa shape index (κ3) is 6.31. The molecular weight excluding hydrogens is 626 g/mol. The molecule has 3 amide bonds. The standard InChI is InChI=1S/C38H41N3O8/c1-25(11-9-17-34(43)39-22-10-12-27(39)24-42)38(47)29-23-26(19-20-30(29)40(37(38)46)21-8-7-18-35(44)48-2)41-31-14-4-6-16-33(31)49-32-15-5-3-13-28(32)36(41)45/h3-6,9,11,13-16,19-20,23,25,27,42,47H,7-8,10,12,17-18,21-22,24H2,1-2H3/b11-9+/t25-,27+,38+/m1/s1. The summed E-state index contributed by atoms with van der Waals surface area (Å²) >= 11 is 0. The van der Waals surface area contributed by atoms with E-state index in [1.54, 1.807) is 84.6 Å². The van der Waals surface area contributed by atoms with Crippen molar-refractivity contribution in [3.8, 4) is 11.5 Å². The Balaban J connectivity index is 1.36. The number of nitrogens with zero attached hydrogens (tertiary/aromatic N) is 3. The number of rotatable bonds is 11. The van der Waals surface area contributed by atoms with Crippen LogP contribution in [-0.2, 0) is 24.7 Å². The second kappa shape index (κ2) is 14.2. The summed E-state index contributed by atoms with van der Waals surface area (Å²) in [7, 11) is 1.33. The van der Waals surface area contributed by atoms with Crippen LogP contribution < -0.4 is 14.5 Å². The highest BCUT2D eigenvalue weighted by molar-refractivity contribution is 6.15. The molecule has 0 spiro atoms. The van der Waals surface area contributed by atoms with Crippen LogP contribution >= 0.6 is 0 Å². The number of hydrogen-bond donors (Lipinski definition) is 2. The zero-order valence-electron chi connectivity index (χ0n) is 27.7. The van der Waals surface area contributed by atoms with E-state index in [1.165, 1.54) is 16.9 Å². The normalized spacial score (nSPS) is 20.5. The molecule has 0 unspecified atom stereocenters. The fourth-order valence-electron chi connectivity index (χ4n) is 6.99. The van der Waals surface area contributed by atoms with E-state index in [9.17, 15) is 29.4 Å². The number of aliphatic hydroxyl groups is 2. The monoisotopic (exact) mass is 667 g/mol. The van der Waals surface area contributed by atoms with E-state index < -0.39 is 17.4 Å². The highest BCUT2D eigenvalue weighted by atomic mass is 16.5. The maximum atomic E-state index is 14.2. The van der Waals surface area contributed by atoms with Crippen LogP contribution in [0.4, 0.5) is 17.1 Å². The van der Waals surface area contributed by atoms with E-state index in [-0.39, 0.29) is 49.8 Å². The molecule has 3 aromatic rings. The summed E-state index contributed by atoms with van der Waals surface area (Å²) < 4.78 is 10.9. The lowest BCUT2D eigenvalue weighted by atomic mass is 9.82. The van der Waals surface area contributed by atoms with Gasteiger partial charge in [-0.15, -0.1) is 0 Å². The summed E-state index contributed by atoms with van der Waals surface area (Å²) in [6.45, 7) is 2.48. The number of esters is 1. The lowest BCUT2D eigenvalue weighted by molar-refractivity contribution is -0.140. The average molecular weight is 668 g/mol. The minimum atomic E-state index is -2.02. The summed E-state index contributed by atoms with van der Waals surface area (Å²) in [5.74, 6) is -1.19. The zero-order chi connectivity index (χ0) is 34.7. The Morgan fingerprint density at radius 1 is 1.04 bits per heavy atom. The molecule has 1 fully saturated rings. The number of methoxy groups -OCH3 is 1. The van der Waals surface area contributed by atoms with Gasteiger partial charge >= 0.3 is 5.97 Å². The maximum Gasteiger partial charge on any atom is 0.305 e. The minimum Gasteiger partial charge on any atom is -0.469 e. The number of unbranched alkanes of at least 4 members (excludes halogenated alkanes) is 1. The molecule has 0 bridgehead atoms. The molecule has 3 heterocycles. The number of anilines is 3. The number of aliphatic hydroxyl groups excluding tert-OH is 1. The molecule has 1 saturated heterocycles. The second-order valence-electron chi connectivity index (χ2n) is 12.7. The Bertz CT molecular complexity index is 1790. The van der Waals surface area contributed by atoms with Gasteiger partial charge in [0.1, 0.15) is 5.75 Å². The van der Waals surface area contributed by atoms with Gasteiger partial charge in [0, 0.05) is 43.1 Å². The first-order chi connectivity index (χ1) is 23.7. The molecule has 3 atom stereocenters. The molecule has 6 rings (SSSR count). The van der Waals surface area contributed by atoms with E-state index in [0.29, 0.717) is 59.1 Å². The van der Waals surface area contributed by atoms with Crippen molar-refractivity contribution < 1.29 is 38.9 Å². The topological polar surface area (TPSA) is 137 Å². The average Bonchev–Trinajstić information content (AvgIpc) is 3.65. The van der Waals surface area contributed by atoms with Crippen molar-refractivity contribution in [2.45, 2.75) is 57.1 Å². The maximum absolute atomic E-state index is 14.2. The number of para-hydroxylation sites is 3. The molecule has 0 saturated carbocycles. The summed E-state index contributed by atoms with van der Waals surface area (Å²) in [5.41, 5.74) is 0.115. The van der Waals surface area contributed by atoms with Gasteiger partial charge in [-0.2, -0.15) is 0 Å². The first-order valence-electron chi connectivity index (χ1n) is 16.7. The number of amides is 3. The largest absolute Gasteiger partial charge is 0.469 e. The number of carbonyl (C=O) groups excluding carboxylic acids is 4. The van der Waals surface area contributed by atoms with Gasteiger partial charge in [-0.05, 0) is 68.1 Å². The van der Waals surface area contributed by atoms with E-state index in [4.69, 9.17) is 9.47 Å². The predicted molar refractivity (Wildman–Crippen MR) is 183 cm³/mol. The van der Waals surface area contributed by atoms with Gasteiger partial charge in [-0.25, -0.2) is 0 Å². The van der Waals surface area contributed by atoms with Gasteiger partial charge in [0.2, 0.25) is 5.91 Å². The van der Waals surface area contributed by atoms with Crippen LogP contribution in [0.1, 0.15) is 61.4 Å². The first kappa shape index (κ1) is 33.9. The van der Waals surface area contributed by atoms with Crippen molar-refractivity contribution in [1.29, 1.82) is 0 Å². The molecule has 3 aromatic carbocycles. The van der Waals surface area contributed by atoms with Crippen molar-refractivity contribution in [3.05, 3.63) is 90.0 Å². The van der Waals surface area contributed by atoms with Crippen molar-refractivity contribution in [3.63, 3.8) is 0 Å². The Kier molecular flexibility index (Phi) is 9.84. The Labute approximate surface area is 285 Å². The van der Waals surface area contributed by atoms with Crippen LogP contribution in [0.15, 0.2) is 78.9 Å². The van der Waals surface area contributed by atoms with Crippen molar-refractivity contribution in [2.24, 2.45) is 5.92 Å². The van der Waals surface area contributed by atoms with Crippen LogP contribution in [-0.4, -0.2) is 71.7 Å². The Morgan fingerprint density at radius 3 is 2.57 bits per heavy atom. The van der Waals surface area contributed by atoms with Crippen LogP contribution in [0, 0.1) is 5.92 Å². The highest BCUT2D eigenvalue weighted by Gasteiger charge is 2.52. The van der Waals surface area contributed by atoms with Crippen molar-refractivity contribution >= 4 is 40.8 Å². The van der Waals surface area contributed by atoms with E-state index >= 15 is 0 Å². The SMILES string of the molecule is COC(=O)CCCCN1C(=O)[C@](O)([C@H](C)/C=C/CC(=O)N2CCC[C@H]2CO)c2cc(N3C(=O)c4ccccc4Oc4ccccc43)ccc21. The fourth-order valence-corrected chi connectivity index (χ4v) is 6.99. The molecule has 0 aliphatic carbocycles. The molecular formula is C38H41N3O8. The number of carbonyl (C=O) groups is 4. The summed E-state index contributed by atoms with van der Waals surface area (Å²) in [4.78, 5) is 57.7. The number of ether oxygens (including phenoxy) is 2. The molecule has 3 aliphatic heterocycles. The third-order valence-corrected chi connectivity index (χ3v) is 9.68. The molecule has 11 nitrogen and oxygen atoms in total. The zero-order valence-corrected chi connectivity index (χ0v) is 27.7. The number of fused-ring (bicyclic) bond motifs is 3. The summed E-state index contributed by atoms with van der Waals surface area (Å²) in [6.07, 6.45) is 6.18. The van der Waals surface area contributed by atoms with E-state index in [0.717, 1.165) is 12.8 Å². The van der Waals surface area contributed by atoms with Crippen molar-refractivity contribution in [1.82, 2.24) is 4.90 Å². The molecule has 0 aromatic heterocycles. The van der Waals surface area contributed by atoms with Crippen LogP contribution in [0.2, 0.25) is 0 Å². The lowest BCUT2D eigenvalue weighted by Crippen LogP contribution is -2.44. The predicted octanol–water partition coefficient (Wildman–Crippen LogP) is 5.21. The van der Waals surface area contributed by atoms with Crippen LogP contribution in [0.25, 0.3) is 0 Å². The highest BCUT2D eigenvalue weighted by Crippen LogP contribution is 2.49. The summed E-state index contributed by atoms with van der Waals surface area (Å²) in [5, 5.41) is 22.1. The molecule has 11 heteroatoms. The number of likely N-dealkylation sites (tertiary alicyclic amines) is 1. The molecule has 49 heavy (non-hydrogen) atoms. The van der Waals surface area contributed by atoms with Crippen molar-refractivity contribution in [2.75, 3.05) is 36.6 Å². The summed E-state index contributed by atoms with van der Waals surface area (Å²) in [6, 6.07) is 19.1. The molecule has 256 valence electrons. The van der Waals surface area contributed by atoms with Gasteiger partial charge in [0.25, 0.3) is 11.8 Å². The van der Waals surface area contributed by atoms with Crippen LogP contribution in [0.5, 0.6) is 11.5 Å². The lowest BCUT2D eigenvalue weighted by Gasteiger charge is -2.29. The molecule has 2 N–H and O–H groups in total. The van der Waals surface area contributed by atoms with Gasteiger partial charge in [0.05, 0.1) is 36.7 Å². The van der Waals surface area contributed by atoms with Gasteiger partial charge < -0.3 is 29.5 Å². The van der Waals surface area contributed by atoms with Gasteiger partial charge in [0.15, 0.2) is 11.4 Å². The number of hydrogen-bond acceptors (Lipinski definition) is 8. The molecule has 0 radical (unpaired) electrons. The number of benzene rings is 3. The molecule has 3 aliphatic rings. The van der Waals surface area contributed by atoms with E-state index in [2.05, 4.69) is 0 Å².